The normalized spacial score (nSPS) is 23.5. The third-order valence-electron chi connectivity index (χ3n) is 4.44. The Morgan fingerprint density at radius 1 is 1.40 bits per heavy atom. The molecule has 2 aliphatic rings. The second kappa shape index (κ2) is 4.96. The van der Waals surface area contributed by atoms with E-state index in [0.29, 0.717) is 25.9 Å². The fourth-order valence-electron chi connectivity index (χ4n) is 2.67. The SMILES string of the molecule is CC1(C)C(=O)NCCN1C(=O)NCC1(C(=O)O)CCC1. The number of carbonyl (C=O) groups excluding carboxylic acids is 2. The molecule has 1 aliphatic carbocycles. The zero-order chi connectivity index (χ0) is 15.0. The number of rotatable bonds is 3. The summed E-state index contributed by atoms with van der Waals surface area (Å²) in [5, 5.41) is 14.6. The minimum Gasteiger partial charge on any atom is -0.481 e. The summed E-state index contributed by atoms with van der Waals surface area (Å²) in [5.41, 5.74) is -1.74. The zero-order valence-electron chi connectivity index (χ0n) is 11.9. The van der Waals surface area contributed by atoms with Crippen LogP contribution in [0.4, 0.5) is 4.79 Å². The predicted octanol–water partition coefficient (Wildman–Crippen LogP) is 0.161. The van der Waals surface area contributed by atoms with E-state index in [-0.39, 0.29) is 18.5 Å². The Labute approximate surface area is 117 Å². The standard InChI is InChI=1S/C13H21N3O4/c1-12(2)9(17)14-6-7-16(12)11(20)15-8-13(10(18)19)4-3-5-13/h3-8H2,1-2H3,(H,14,17)(H,15,20)(H,18,19). The van der Waals surface area contributed by atoms with Crippen molar-refractivity contribution in [1.82, 2.24) is 15.5 Å². The molecule has 3 N–H and O–H groups in total. The molecule has 1 heterocycles. The quantitative estimate of drug-likeness (QED) is 0.687. The van der Waals surface area contributed by atoms with E-state index in [0.717, 1.165) is 6.42 Å². The summed E-state index contributed by atoms with van der Waals surface area (Å²) in [7, 11) is 0. The lowest BCUT2D eigenvalue weighted by Gasteiger charge is -2.42. The molecule has 2 rings (SSSR count). The summed E-state index contributed by atoms with van der Waals surface area (Å²) in [6, 6.07) is -0.377. The Balaban J connectivity index is 1.98. The predicted molar refractivity (Wildman–Crippen MR) is 71.1 cm³/mol. The second-order valence-electron chi connectivity index (χ2n) is 6.06. The molecule has 0 aromatic heterocycles. The van der Waals surface area contributed by atoms with Crippen molar-refractivity contribution in [2.75, 3.05) is 19.6 Å². The van der Waals surface area contributed by atoms with Gasteiger partial charge in [-0.05, 0) is 26.7 Å². The molecule has 0 aromatic carbocycles. The number of hydrogen-bond acceptors (Lipinski definition) is 3. The maximum Gasteiger partial charge on any atom is 0.318 e. The smallest absolute Gasteiger partial charge is 0.318 e. The highest BCUT2D eigenvalue weighted by Gasteiger charge is 2.46. The summed E-state index contributed by atoms with van der Waals surface area (Å²) < 4.78 is 0. The van der Waals surface area contributed by atoms with Gasteiger partial charge in [0.15, 0.2) is 0 Å². The monoisotopic (exact) mass is 283 g/mol. The van der Waals surface area contributed by atoms with Gasteiger partial charge < -0.3 is 20.6 Å². The van der Waals surface area contributed by atoms with Gasteiger partial charge in [-0.25, -0.2) is 4.79 Å². The number of carbonyl (C=O) groups is 3. The summed E-state index contributed by atoms with van der Waals surface area (Å²) in [4.78, 5) is 36.7. The molecule has 1 saturated heterocycles. The molecule has 7 heteroatoms. The van der Waals surface area contributed by atoms with Crippen LogP contribution in [0.1, 0.15) is 33.1 Å². The minimum absolute atomic E-state index is 0.120. The number of nitrogens with zero attached hydrogens (tertiary/aromatic N) is 1. The van der Waals surface area contributed by atoms with Gasteiger partial charge in [0.25, 0.3) is 0 Å². The van der Waals surface area contributed by atoms with Gasteiger partial charge in [0, 0.05) is 19.6 Å². The van der Waals surface area contributed by atoms with Crippen molar-refractivity contribution in [2.45, 2.75) is 38.6 Å². The van der Waals surface area contributed by atoms with Crippen molar-refractivity contribution in [1.29, 1.82) is 0 Å². The van der Waals surface area contributed by atoms with Crippen LogP contribution in [-0.2, 0) is 9.59 Å². The highest BCUT2D eigenvalue weighted by atomic mass is 16.4. The number of carboxylic acids is 1. The van der Waals surface area contributed by atoms with Crippen LogP contribution in [0.25, 0.3) is 0 Å². The topological polar surface area (TPSA) is 98.7 Å². The van der Waals surface area contributed by atoms with E-state index in [1.165, 1.54) is 4.90 Å². The zero-order valence-corrected chi connectivity index (χ0v) is 11.9. The van der Waals surface area contributed by atoms with Crippen molar-refractivity contribution < 1.29 is 19.5 Å². The minimum atomic E-state index is -0.918. The van der Waals surface area contributed by atoms with E-state index < -0.39 is 16.9 Å². The van der Waals surface area contributed by atoms with Gasteiger partial charge in [-0.2, -0.15) is 0 Å². The molecule has 0 unspecified atom stereocenters. The van der Waals surface area contributed by atoms with E-state index in [4.69, 9.17) is 0 Å². The lowest BCUT2D eigenvalue weighted by molar-refractivity contribution is -0.154. The van der Waals surface area contributed by atoms with Crippen molar-refractivity contribution in [3.05, 3.63) is 0 Å². The Kier molecular flexibility index (Phi) is 3.62. The first-order chi connectivity index (χ1) is 9.29. The second-order valence-corrected chi connectivity index (χ2v) is 6.06. The van der Waals surface area contributed by atoms with Crippen LogP contribution in [-0.4, -0.2) is 53.1 Å². The van der Waals surface area contributed by atoms with Crippen molar-refractivity contribution >= 4 is 17.9 Å². The molecule has 3 amide bonds. The molecular formula is C13H21N3O4. The summed E-state index contributed by atoms with van der Waals surface area (Å²) >= 11 is 0. The van der Waals surface area contributed by atoms with Crippen LogP contribution in [0.3, 0.4) is 0 Å². The molecule has 7 nitrogen and oxygen atoms in total. The van der Waals surface area contributed by atoms with E-state index in [2.05, 4.69) is 10.6 Å². The summed E-state index contributed by atoms with van der Waals surface area (Å²) in [6.07, 6.45) is 2.05. The summed E-state index contributed by atoms with van der Waals surface area (Å²) in [5.74, 6) is -1.06. The maximum atomic E-state index is 12.2. The molecular weight excluding hydrogens is 262 g/mol. The van der Waals surface area contributed by atoms with E-state index in [1.807, 2.05) is 0 Å². The van der Waals surface area contributed by atoms with Gasteiger partial charge in [0.1, 0.15) is 5.54 Å². The first-order valence-electron chi connectivity index (χ1n) is 6.87. The number of nitrogens with one attached hydrogen (secondary N) is 2. The van der Waals surface area contributed by atoms with E-state index in [9.17, 15) is 19.5 Å². The average Bonchev–Trinajstić information content (AvgIpc) is 2.30. The number of amides is 3. The molecule has 0 atom stereocenters. The summed E-state index contributed by atoms with van der Waals surface area (Å²) in [6.45, 7) is 4.31. The Bertz CT molecular complexity index is 443. The van der Waals surface area contributed by atoms with Crippen LogP contribution in [0.5, 0.6) is 0 Å². The maximum absolute atomic E-state index is 12.2. The molecule has 0 bridgehead atoms. The van der Waals surface area contributed by atoms with Gasteiger partial charge >= 0.3 is 12.0 Å². The van der Waals surface area contributed by atoms with Crippen LogP contribution < -0.4 is 10.6 Å². The van der Waals surface area contributed by atoms with Gasteiger partial charge in [0.05, 0.1) is 5.41 Å². The molecule has 0 aromatic rings. The van der Waals surface area contributed by atoms with Crippen LogP contribution in [0.15, 0.2) is 0 Å². The lowest BCUT2D eigenvalue weighted by Crippen LogP contribution is -2.65. The first kappa shape index (κ1) is 14.6. The molecule has 20 heavy (non-hydrogen) atoms. The Hall–Kier alpha value is -1.79. The van der Waals surface area contributed by atoms with Crippen molar-refractivity contribution in [2.24, 2.45) is 5.41 Å². The molecule has 112 valence electrons. The third kappa shape index (κ3) is 2.32. The Morgan fingerprint density at radius 3 is 2.55 bits per heavy atom. The number of piperazine rings is 1. The van der Waals surface area contributed by atoms with E-state index in [1.54, 1.807) is 13.8 Å². The fourth-order valence-corrected chi connectivity index (χ4v) is 2.67. The molecule has 0 radical (unpaired) electrons. The van der Waals surface area contributed by atoms with Gasteiger partial charge in [-0.3, -0.25) is 9.59 Å². The molecule has 2 fully saturated rings. The molecule has 1 saturated carbocycles. The Morgan fingerprint density at radius 2 is 2.05 bits per heavy atom. The average molecular weight is 283 g/mol. The van der Waals surface area contributed by atoms with Crippen LogP contribution in [0.2, 0.25) is 0 Å². The number of urea groups is 1. The molecule has 1 aliphatic heterocycles. The largest absolute Gasteiger partial charge is 0.481 e. The van der Waals surface area contributed by atoms with Crippen molar-refractivity contribution in [3.8, 4) is 0 Å². The van der Waals surface area contributed by atoms with Gasteiger partial charge in [-0.1, -0.05) is 6.42 Å². The van der Waals surface area contributed by atoms with E-state index >= 15 is 0 Å². The van der Waals surface area contributed by atoms with Gasteiger partial charge in [-0.15, -0.1) is 0 Å². The highest BCUT2D eigenvalue weighted by molar-refractivity contribution is 5.91. The third-order valence-corrected chi connectivity index (χ3v) is 4.44. The van der Waals surface area contributed by atoms with Crippen molar-refractivity contribution in [3.63, 3.8) is 0 Å². The number of aliphatic carboxylic acids is 1. The fraction of sp³-hybridized carbons (Fsp3) is 0.769. The van der Waals surface area contributed by atoms with Gasteiger partial charge in [0.2, 0.25) is 5.91 Å². The number of carboxylic acid groups (broad SMARTS) is 1. The molecule has 0 spiro atoms. The van der Waals surface area contributed by atoms with Crippen LogP contribution in [0, 0.1) is 5.41 Å². The number of hydrogen-bond donors (Lipinski definition) is 3. The highest BCUT2D eigenvalue weighted by Crippen LogP contribution is 2.40. The lowest BCUT2D eigenvalue weighted by atomic mass is 9.69. The van der Waals surface area contributed by atoms with Crippen LogP contribution >= 0.6 is 0 Å². The first-order valence-corrected chi connectivity index (χ1v) is 6.87.